The highest BCUT2D eigenvalue weighted by atomic mass is 15.1. The molecule has 3 N–H and O–H groups in total. The Kier molecular flexibility index (Phi) is 2.22. The topological polar surface area (TPSA) is 57.9 Å². The van der Waals surface area contributed by atoms with Crippen LogP contribution in [0.2, 0.25) is 0 Å². The van der Waals surface area contributed by atoms with Crippen molar-refractivity contribution in [1.29, 1.82) is 0 Å². The van der Waals surface area contributed by atoms with Crippen molar-refractivity contribution in [3.63, 3.8) is 0 Å². The van der Waals surface area contributed by atoms with Crippen LogP contribution in [0.25, 0.3) is 0 Å². The summed E-state index contributed by atoms with van der Waals surface area (Å²) in [6, 6.07) is 0.667. The number of likely N-dealkylation sites (N-methyl/N-ethyl adjacent to an activating group) is 1. The molecule has 0 saturated carbocycles. The molecule has 1 aliphatic rings. The highest BCUT2D eigenvalue weighted by molar-refractivity contribution is 5.19. The number of rotatable bonds is 2. The van der Waals surface area contributed by atoms with E-state index in [0.717, 1.165) is 12.1 Å². The number of likely N-dealkylation sites (tertiary alicyclic amines) is 1. The second-order valence-corrected chi connectivity index (χ2v) is 3.77. The number of hydrogen-bond acceptors (Lipinski definition) is 3. The minimum Gasteiger partial charge on any atom is -0.369 e. The van der Waals surface area contributed by atoms with Gasteiger partial charge in [0.15, 0.2) is 5.95 Å². The lowest BCUT2D eigenvalue weighted by molar-refractivity contribution is 0.308. The maximum absolute atomic E-state index is 5.51. The normalized spacial score (nSPS) is 23.9. The predicted molar refractivity (Wildman–Crippen MR) is 52.4 cm³/mol. The Morgan fingerprint density at radius 2 is 2.62 bits per heavy atom. The van der Waals surface area contributed by atoms with Gasteiger partial charge in [-0.2, -0.15) is 0 Å². The summed E-state index contributed by atoms with van der Waals surface area (Å²) in [5, 5.41) is 0. The third kappa shape index (κ3) is 1.83. The van der Waals surface area contributed by atoms with E-state index in [1.54, 1.807) is 0 Å². The smallest absolute Gasteiger partial charge is 0.197 e. The second kappa shape index (κ2) is 3.38. The summed E-state index contributed by atoms with van der Waals surface area (Å²) in [7, 11) is 2.18. The maximum Gasteiger partial charge on any atom is 0.197 e. The first-order chi connectivity index (χ1) is 6.25. The van der Waals surface area contributed by atoms with Crippen LogP contribution in [0.4, 0.5) is 5.95 Å². The van der Waals surface area contributed by atoms with E-state index in [-0.39, 0.29) is 0 Å². The van der Waals surface area contributed by atoms with E-state index in [4.69, 9.17) is 5.73 Å². The Balaban J connectivity index is 1.97. The number of aromatic amines is 1. The highest BCUT2D eigenvalue weighted by Crippen LogP contribution is 2.18. The SMILES string of the molecule is CN1CCCC1Cc1cnc(N)[nH]1. The lowest BCUT2D eigenvalue weighted by Gasteiger charge is -2.17. The van der Waals surface area contributed by atoms with Crippen LogP contribution in [0.5, 0.6) is 0 Å². The van der Waals surface area contributed by atoms with Gasteiger partial charge >= 0.3 is 0 Å². The van der Waals surface area contributed by atoms with Crippen LogP contribution in [-0.4, -0.2) is 34.5 Å². The highest BCUT2D eigenvalue weighted by Gasteiger charge is 2.21. The van der Waals surface area contributed by atoms with Gasteiger partial charge in [0.2, 0.25) is 0 Å². The van der Waals surface area contributed by atoms with Crippen molar-refractivity contribution in [3.8, 4) is 0 Å². The van der Waals surface area contributed by atoms with E-state index in [1.807, 2.05) is 6.20 Å². The van der Waals surface area contributed by atoms with Crippen LogP contribution in [0.1, 0.15) is 18.5 Å². The zero-order chi connectivity index (χ0) is 9.26. The molecule has 1 fully saturated rings. The van der Waals surface area contributed by atoms with Gasteiger partial charge in [0, 0.05) is 18.2 Å². The van der Waals surface area contributed by atoms with Gasteiger partial charge in [-0.15, -0.1) is 0 Å². The number of nitrogens with two attached hydrogens (primary N) is 1. The average molecular weight is 180 g/mol. The molecule has 1 aromatic heterocycles. The molecule has 0 spiro atoms. The van der Waals surface area contributed by atoms with Gasteiger partial charge in [0.1, 0.15) is 0 Å². The molecular formula is C9H16N4. The van der Waals surface area contributed by atoms with Crippen molar-refractivity contribution >= 4 is 5.95 Å². The molecule has 1 saturated heterocycles. The van der Waals surface area contributed by atoms with Crippen LogP contribution in [0.15, 0.2) is 6.20 Å². The van der Waals surface area contributed by atoms with Crippen molar-refractivity contribution in [2.45, 2.75) is 25.3 Å². The summed E-state index contributed by atoms with van der Waals surface area (Å²) >= 11 is 0. The summed E-state index contributed by atoms with van der Waals surface area (Å²) in [5.74, 6) is 0.524. The molecule has 0 aromatic carbocycles. The van der Waals surface area contributed by atoms with Crippen molar-refractivity contribution < 1.29 is 0 Å². The molecule has 0 aliphatic carbocycles. The van der Waals surface area contributed by atoms with Gasteiger partial charge in [-0.3, -0.25) is 0 Å². The molecule has 2 rings (SSSR count). The summed E-state index contributed by atoms with van der Waals surface area (Å²) in [6.45, 7) is 1.22. The van der Waals surface area contributed by atoms with E-state index in [9.17, 15) is 0 Å². The van der Waals surface area contributed by atoms with Crippen LogP contribution < -0.4 is 5.73 Å². The Bertz CT molecular complexity index is 281. The Hall–Kier alpha value is -1.03. The zero-order valence-electron chi connectivity index (χ0n) is 7.95. The number of imidazole rings is 1. The van der Waals surface area contributed by atoms with Crippen LogP contribution >= 0.6 is 0 Å². The Morgan fingerprint density at radius 1 is 1.77 bits per heavy atom. The van der Waals surface area contributed by atoms with Crippen molar-refractivity contribution in [1.82, 2.24) is 14.9 Å². The van der Waals surface area contributed by atoms with Gasteiger partial charge in [-0.05, 0) is 26.4 Å². The summed E-state index contributed by atoms with van der Waals surface area (Å²) in [6.07, 6.45) is 5.47. The summed E-state index contributed by atoms with van der Waals surface area (Å²) in [4.78, 5) is 9.45. The number of H-pyrrole nitrogens is 1. The van der Waals surface area contributed by atoms with Crippen LogP contribution in [-0.2, 0) is 6.42 Å². The first-order valence-corrected chi connectivity index (χ1v) is 4.75. The van der Waals surface area contributed by atoms with Crippen molar-refractivity contribution in [2.24, 2.45) is 0 Å². The maximum atomic E-state index is 5.51. The quantitative estimate of drug-likeness (QED) is 0.701. The standard InChI is InChI=1S/C9H16N4/c1-13-4-2-3-8(13)5-7-6-11-9(10)12-7/h6,8H,2-5H2,1H3,(H3,10,11,12). The summed E-state index contributed by atoms with van der Waals surface area (Å²) in [5.41, 5.74) is 6.66. The van der Waals surface area contributed by atoms with Gasteiger partial charge in [0.25, 0.3) is 0 Å². The fraction of sp³-hybridized carbons (Fsp3) is 0.667. The number of nitrogens with one attached hydrogen (secondary N) is 1. The zero-order valence-corrected chi connectivity index (χ0v) is 7.95. The monoisotopic (exact) mass is 180 g/mol. The minimum absolute atomic E-state index is 0.524. The van der Waals surface area contributed by atoms with Crippen LogP contribution in [0, 0.1) is 0 Å². The van der Waals surface area contributed by atoms with Gasteiger partial charge in [-0.25, -0.2) is 4.98 Å². The molecule has 4 heteroatoms. The molecule has 0 amide bonds. The van der Waals surface area contributed by atoms with E-state index >= 15 is 0 Å². The van der Waals surface area contributed by atoms with Crippen molar-refractivity contribution in [2.75, 3.05) is 19.3 Å². The molecule has 1 aromatic rings. The van der Waals surface area contributed by atoms with Crippen LogP contribution in [0.3, 0.4) is 0 Å². The molecule has 1 aliphatic heterocycles. The van der Waals surface area contributed by atoms with Gasteiger partial charge in [-0.1, -0.05) is 0 Å². The van der Waals surface area contributed by atoms with E-state index in [2.05, 4.69) is 21.9 Å². The Labute approximate surface area is 78.1 Å². The predicted octanol–water partition coefficient (Wildman–Crippen LogP) is 0.629. The molecule has 0 radical (unpaired) electrons. The fourth-order valence-corrected chi connectivity index (χ4v) is 1.97. The molecule has 1 atom stereocenters. The number of nitrogens with zero attached hydrogens (tertiary/aromatic N) is 2. The second-order valence-electron chi connectivity index (χ2n) is 3.77. The van der Waals surface area contributed by atoms with E-state index in [0.29, 0.717) is 12.0 Å². The number of nitrogen functional groups attached to an aromatic ring is 1. The molecule has 4 nitrogen and oxygen atoms in total. The molecule has 72 valence electrons. The molecule has 0 bridgehead atoms. The van der Waals surface area contributed by atoms with Crippen molar-refractivity contribution in [3.05, 3.63) is 11.9 Å². The minimum atomic E-state index is 0.524. The molecule has 1 unspecified atom stereocenters. The lowest BCUT2D eigenvalue weighted by atomic mass is 10.1. The molecule has 13 heavy (non-hydrogen) atoms. The third-order valence-electron chi connectivity index (χ3n) is 2.78. The van der Waals surface area contributed by atoms with Gasteiger partial charge in [0.05, 0.1) is 6.20 Å². The number of anilines is 1. The fourth-order valence-electron chi connectivity index (χ4n) is 1.97. The lowest BCUT2D eigenvalue weighted by Crippen LogP contribution is -2.26. The average Bonchev–Trinajstić information content (AvgIpc) is 2.64. The molecule has 2 heterocycles. The van der Waals surface area contributed by atoms with E-state index < -0.39 is 0 Å². The van der Waals surface area contributed by atoms with Gasteiger partial charge < -0.3 is 15.6 Å². The first-order valence-electron chi connectivity index (χ1n) is 4.75. The molecular weight excluding hydrogens is 164 g/mol. The number of hydrogen-bond donors (Lipinski definition) is 2. The van der Waals surface area contributed by atoms with E-state index in [1.165, 1.54) is 19.4 Å². The number of aromatic nitrogens is 2. The third-order valence-corrected chi connectivity index (χ3v) is 2.78. The Morgan fingerprint density at radius 3 is 3.15 bits per heavy atom. The summed E-state index contributed by atoms with van der Waals surface area (Å²) < 4.78 is 0. The largest absolute Gasteiger partial charge is 0.369 e. The first kappa shape index (κ1) is 8.56.